The summed E-state index contributed by atoms with van der Waals surface area (Å²) >= 11 is 0. The van der Waals surface area contributed by atoms with Crippen molar-refractivity contribution in [3.8, 4) is 0 Å². The Hall–Kier alpha value is -3.23. The molecule has 33 heavy (non-hydrogen) atoms. The van der Waals surface area contributed by atoms with E-state index in [2.05, 4.69) is 26.6 Å². The van der Waals surface area contributed by atoms with Crippen LogP contribution in [-0.4, -0.2) is 61.9 Å². The van der Waals surface area contributed by atoms with Crippen LogP contribution < -0.4 is 5.32 Å². The van der Waals surface area contributed by atoms with Gasteiger partial charge in [0.25, 0.3) is 5.91 Å². The Labute approximate surface area is 192 Å². The molecule has 4 heterocycles. The van der Waals surface area contributed by atoms with Gasteiger partial charge in [0.1, 0.15) is 6.23 Å². The molecule has 0 spiro atoms. The summed E-state index contributed by atoms with van der Waals surface area (Å²) in [5.74, 6) is -0.0987. The highest BCUT2D eigenvalue weighted by molar-refractivity contribution is 5.94. The van der Waals surface area contributed by atoms with Crippen LogP contribution in [0.5, 0.6) is 0 Å². The van der Waals surface area contributed by atoms with E-state index in [1.807, 2.05) is 48.3 Å². The zero-order valence-electron chi connectivity index (χ0n) is 18.7. The standard InChI is InChI=1S/C25H28N6O2/c1-30(25(10-11-25)21-8-4-5-12-26-21)24(33)22-17-15-31(13-9-19(17)28-29-22)23(32)20-14-16-6-2-3-7-18(16)27-20/h2-8,12,20,23,27,32H,9-11,13-15H2,1H3,(H,28,29). The Morgan fingerprint density at radius 2 is 2.06 bits per heavy atom. The number of aliphatic hydroxyl groups is 1. The molecule has 2 unspecified atom stereocenters. The van der Waals surface area contributed by atoms with Gasteiger partial charge in [0.15, 0.2) is 5.69 Å². The van der Waals surface area contributed by atoms with Gasteiger partial charge in [-0.3, -0.25) is 19.8 Å². The number of para-hydroxylation sites is 1. The predicted molar refractivity (Wildman–Crippen MR) is 124 cm³/mol. The van der Waals surface area contributed by atoms with E-state index >= 15 is 0 Å². The van der Waals surface area contributed by atoms with Crippen LogP contribution in [0.4, 0.5) is 5.69 Å². The van der Waals surface area contributed by atoms with Crippen LogP contribution in [0.2, 0.25) is 0 Å². The monoisotopic (exact) mass is 444 g/mol. The summed E-state index contributed by atoms with van der Waals surface area (Å²) in [5, 5.41) is 22.1. The molecule has 170 valence electrons. The van der Waals surface area contributed by atoms with Crippen molar-refractivity contribution in [2.24, 2.45) is 0 Å². The summed E-state index contributed by atoms with van der Waals surface area (Å²) < 4.78 is 0. The highest BCUT2D eigenvalue weighted by Crippen LogP contribution is 2.50. The molecule has 0 saturated heterocycles. The number of aromatic nitrogens is 3. The number of H-pyrrole nitrogens is 1. The minimum Gasteiger partial charge on any atom is -0.378 e. The maximum atomic E-state index is 13.5. The summed E-state index contributed by atoms with van der Waals surface area (Å²) in [6, 6.07) is 14.0. The van der Waals surface area contributed by atoms with Gasteiger partial charge in [0.05, 0.1) is 17.3 Å². The van der Waals surface area contributed by atoms with E-state index in [1.165, 1.54) is 5.56 Å². The van der Waals surface area contributed by atoms with Gasteiger partial charge in [-0.15, -0.1) is 0 Å². The van der Waals surface area contributed by atoms with E-state index < -0.39 is 6.23 Å². The normalized spacial score (nSPS) is 21.6. The molecule has 1 aromatic carbocycles. The molecule has 0 radical (unpaired) electrons. The van der Waals surface area contributed by atoms with Crippen LogP contribution in [0.25, 0.3) is 0 Å². The van der Waals surface area contributed by atoms with E-state index in [9.17, 15) is 9.90 Å². The van der Waals surface area contributed by atoms with E-state index in [4.69, 9.17) is 0 Å². The number of fused-ring (bicyclic) bond motifs is 2. The van der Waals surface area contributed by atoms with Gasteiger partial charge in [-0.05, 0) is 43.0 Å². The highest BCUT2D eigenvalue weighted by atomic mass is 16.3. The Morgan fingerprint density at radius 1 is 1.24 bits per heavy atom. The van der Waals surface area contributed by atoms with Crippen molar-refractivity contribution in [2.45, 2.75) is 50.0 Å². The van der Waals surface area contributed by atoms with Crippen LogP contribution in [-0.2, 0) is 24.9 Å². The SMILES string of the molecule is CN(C(=O)c1n[nH]c2c1CN(C(O)C1Cc3ccccc3N1)CC2)C1(c2ccccn2)CC1. The third-order valence-corrected chi connectivity index (χ3v) is 7.51. The topological polar surface area (TPSA) is 97.4 Å². The fraction of sp³-hybridized carbons (Fsp3) is 0.400. The van der Waals surface area contributed by atoms with Gasteiger partial charge in [-0.2, -0.15) is 5.10 Å². The van der Waals surface area contributed by atoms with E-state index in [-0.39, 0.29) is 17.5 Å². The second-order valence-corrected chi connectivity index (χ2v) is 9.39. The number of rotatable bonds is 5. The van der Waals surface area contributed by atoms with Gasteiger partial charge in [0.2, 0.25) is 0 Å². The number of aliphatic hydroxyl groups excluding tert-OH is 1. The molecule has 3 aliphatic rings. The molecule has 6 rings (SSSR count). The molecule has 2 aromatic heterocycles. The molecule has 8 heteroatoms. The molecule has 1 saturated carbocycles. The van der Waals surface area contributed by atoms with E-state index in [0.717, 1.165) is 48.3 Å². The molecule has 1 amide bonds. The zero-order chi connectivity index (χ0) is 22.6. The van der Waals surface area contributed by atoms with Crippen molar-refractivity contribution in [3.05, 3.63) is 76.9 Å². The number of amides is 1. The van der Waals surface area contributed by atoms with Crippen molar-refractivity contribution in [3.63, 3.8) is 0 Å². The van der Waals surface area contributed by atoms with Crippen molar-refractivity contribution >= 4 is 11.6 Å². The number of hydrogen-bond donors (Lipinski definition) is 3. The van der Waals surface area contributed by atoms with Crippen LogP contribution >= 0.6 is 0 Å². The second kappa shape index (κ2) is 7.67. The lowest BCUT2D eigenvalue weighted by atomic mass is 10.0. The zero-order valence-corrected chi connectivity index (χ0v) is 18.7. The molecule has 2 atom stereocenters. The van der Waals surface area contributed by atoms with Gasteiger partial charge in [-0.25, -0.2) is 0 Å². The number of aromatic amines is 1. The molecule has 0 bridgehead atoms. The number of anilines is 1. The smallest absolute Gasteiger partial charge is 0.275 e. The summed E-state index contributed by atoms with van der Waals surface area (Å²) in [7, 11) is 1.85. The maximum absolute atomic E-state index is 13.5. The first kappa shape index (κ1) is 20.4. The lowest BCUT2D eigenvalue weighted by Crippen LogP contribution is -2.48. The van der Waals surface area contributed by atoms with Crippen molar-refractivity contribution in [2.75, 3.05) is 18.9 Å². The average molecular weight is 445 g/mol. The van der Waals surface area contributed by atoms with Crippen LogP contribution in [0.3, 0.4) is 0 Å². The average Bonchev–Trinajstić information content (AvgIpc) is 3.38. The summed E-state index contributed by atoms with van der Waals surface area (Å²) in [5.41, 5.74) is 5.22. The van der Waals surface area contributed by atoms with Crippen LogP contribution in [0.15, 0.2) is 48.7 Å². The number of nitrogens with zero attached hydrogens (tertiary/aromatic N) is 4. The van der Waals surface area contributed by atoms with E-state index in [1.54, 1.807) is 11.1 Å². The fourth-order valence-electron chi connectivity index (χ4n) is 5.35. The maximum Gasteiger partial charge on any atom is 0.275 e. The first-order valence-electron chi connectivity index (χ1n) is 11.6. The number of nitrogens with one attached hydrogen (secondary N) is 2. The van der Waals surface area contributed by atoms with E-state index in [0.29, 0.717) is 18.8 Å². The van der Waals surface area contributed by atoms with Gasteiger partial charge < -0.3 is 15.3 Å². The Kier molecular flexibility index (Phi) is 4.74. The Morgan fingerprint density at radius 3 is 2.82 bits per heavy atom. The lowest BCUT2D eigenvalue weighted by molar-refractivity contribution is -0.0179. The Balaban J connectivity index is 1.20. The number of carbonyl (C=O) groups excluding carboxylic acids is 1. The summed E-state index contributed by atoms with van der Waals surface area (Å²) in [4.78, 5) is 21.9. The number of benzene rings is 1. The molecule has 3 N–H and O–H groups in total. The fourth-order valence-corrected chi connectivity index (χ4v) is 5.35. The van der Waals surface area contributed by atoms with Crippen LogP contribution in [0, 0.1) is 0 Å². The number of pyridine rings is 1. The van der Waals surface area contributed by atoms with Crippen molar-refractivity contribution in [1.29, 1.82) is 0 Å². The lowest BCUT2D eigenvalue weighted by Gasteiger charge is -2.35. The third kappa shape index (κ3) is 3.32. The first-order chi connectivity index (χ1) is 16.1. The van der Waals surface area contributed by atoms with Gasteiger partial charge in [-0.1, -0.05) is 24.3 Å². The molecule has 1 aliphatic carbocycles. The molecular formula is C25H28N6O2. The number of hydrogen-bond acceptors (Lipinski definition) is 6. The largest absolute Gasteiger partial charge is 0.378 e. The second-order valence-electron chi connectivity index (χ2n) is 9.39. The number of carbonyl (C=O) groups is 1. The highest BCUT2D eigenvalue weighted by Gasteiger charge is 2.52. The van der Waals surface area contributed by atoms with Crippen molar-refractivity contribution < 1.29 is 9.90 Å². The molecule has 3 aromatic rings. The van der Waals surface area contributed by atoms with Crippen molar-refractivity contribution in [1.82, 2.24) is 25.0 Å². The van der Waals surface area contributed by atoms with Gasteiger partial charge >= 0.3 is 0 Å². The van der Waals surface area contributed by atoms with Crippen LogP contribution in [0.1, 0.15) is 45.8 Å². The summed E-state index contributed by atoms with van der Waals surface area (Å²) in [6.07, 6.45) is 4.44. The Bertz CT molecular complexity index is 1160. The minimum absolute atomic E-state index is 0.0726. The molecule has 2 aliphatic heterocycles. The molecular weight excluding hydrogens is 416 g/mol. The minimum atomic E-state index is -0.649. The molecule has 1 fully saturated rings. The quantitative estimate of drug-likeness (QED) is 0.559. The predicted octanol–water partition coefficient (Wildman–Crippen LogP) is 2.28. The van der Waals surface area contributed by atoms with Gasteiger partial charge in [0, 0.05) is 49.7 Å². The first-order valence-corrected chi connectivity index (χ1v) is 11.6. The third-order valence-electron chi connectivity index (χ3n) is 7.51. The molecule has 8 nitrogen and oxygen atoms in total. The summed E-state index contributed by atoms with van der Waals surface area (Å²) in [6.45, 7) is 1.21.